The van der Waals surface area contributed by atoms with E-state index in [2.05, 4.69) is 34.2 Å². The van der Waals surface area contributed by atoms with E-state index in [1.165, 1.54) is 5.56 Å². The Morgan fingerprint density at radius 3 is 2.79 bits per heavy atom. The zero-order chi connectivity index (χ0) is 22.8. The molecule has 1 aromatic heterocycles. The van der Waals surface area contributed by atoms with E-state index in [1.54, 1.807) is 7.11 Å². The predicted molar refractivity (Wildman–Crippen MR) is 126 cm³/mol. The molecule has 0 bridgehead atoms. The fourth-order valence-electron chi connectivity index (χ4n) is 5.35. The fraction of sp³-hybridized carbons (Fsp3) is 0.500. The molecule has 2 aliphatic heterocycles. The van der Waals surface area contributed by atoms with Crippen molar-refractivity contribution in [1.29, 1.82) is 0 Å². The molecule has 7 nitrogen and oxygen atoms in total. The van der Waals surface area contributed by atoms with Crippen molar-refractivity contribution in [3.8, 4) is 5.75 Å². The number of aromatic nitrogens is 2. The SMILES string of the molecule is COc1ccc(CN2CCc3nc([C@@H]4CCCN4C(=O)[C@H]4CC=CCC4)[nH]c(=O)c3C2)cc1. The first-order chi connectivity index (χ1) is 16.1. The molecule has 33 heavy (non-hydrogen) atoms. The lowest BCUT2D eigenvalue weighted by atomic mass is 9.93. The Labute approximate surface area is 194 Å². The molecule has 7 heteroatoms. The predicted octanol–water partition coefficient (Wildman–Crippen LogP) is 3.36. The molecule has 1 N–H and O–H groups in total. The van der Waals surface area contributed by atoms with Crippen LogP contribution >= 0.6 is 0 Å². The Bertz CT molecular complexity index is 1090. The molecule has 3 aliphatic rings. The Morgan fingerprint density at radius 1 is 1.18 bits per heavy atom. The minimum absolute atomic E-state index is 0.0608. The van der Waals surface area contributed by atoms with E-state index in [1.807, 2.05) is 17.0 Å². The second kappa shape index (κ2) is 9.51. The molecule has 1 aromatic carbocycles. The number of amides is 1. The topological polar surface area (TPSA) is 78.5 Å². The van der Waals surface area contributed by atoms with Crippen LogP contribution in [0, 0.1) is 5.92 Å². The highest BCUT2D eigenvalue weighted by molar-refractivity contribution is 5.80. The highest BCUT2D eigenvalue weighted by Gasteiger charge is 2.36. The Morgan fingerprint density at radius 2 is 2.03 bits per heavy atom. The lowest BCUT2D eigenvalue weighted by Gasteiger charge is -2.31. The number of nitrogens with one attached hydrogen (secondary N) is 1. The zero-order valence-corrected chi connectivity index (χ0v) is 19.3. The number of rotatable bonds is 5. The quantitative estimate of drug-likeness (QED) is 0.710. The second-order valence-electron chi connectivity index (χ2n) is 9.36. The van der Waals surface area contributed by atoms with Gasteiger partial charge in [-0.25, -0.2) is 4.98 Å². The van der Waals surface area contributed by atoms with Crippen LogP contribution in [0.3, 0.4) is 0 Å². The number of hydrogen-bond acceptors (Lipinski definition) is 5. The summed E-state index contributed by atoms with van der Waals surface area (Å²) in [5.41, 5.74) is 2.78. The van der Waals surface area contributed by atoms with Crippen LogP contribution in [0.1, 0.15) is 60.8 Å². The molecule has 1 amide bonds. The smallest absolute Gasteiger partial charge is 0.255 e. The van der Waals surface area contributed by atoms with E-state index in [4.69, 9.17) is 9.72 Å². The third-order valence-corrected chi connectivity index (χ3v) is 7.20. The lowest BCUT2D eigenvalue weighted by molar-refractivity contribution is -0.136. The van der Waals surface area contributed by atoms with Crippen LogP contribution in [0.2, 0.25) is 0 Å². The van der Waals surface area contributed by atoms with Gasteiger partial charge in [-0.1, -0.05) is 24.3 Å². The van der Waals surface area contributed by atoms with Crippen molar-refractivity contribution < 1.29 is 9.53 Å². The number of fused-ring (bicyclic) bond motifs is 1. The largest absolute Gasteiger partial charge is 0.497 e. The molecule has 5 rings (SSSR count). The first kappa shape index (κ1) is 21.9. The maximum absolute atomic E-state index is 13.2. The van der Waals surface area contributed by atoms with Gasteiger partial charge in [0.05, 0.1) is 24.4 Å². The number of aromatic amines is 1. The molecule has 0 saturated carbocycles. The molecule has 2 atom stereocenters. The van der Waals surface area contributed by atoms with Crippen LogP contribution in [-0.2, 0) is 24.3 Å². The fourth-order valence-corrected chi connectivity index (χ4v) is 5.35. The van der Waals surface area contributed by atoms with Gasteiger partial charge in [0, 0.05) is 38.5 Å². The maximum Gasteiger partial charge on any atom is 0.255 e. The number of carbonyl (C=O) groups is 1. The molecule has 0 radical (unpaired) electrons. The van der Waals surface area contributed by atoms with Gasteiger partial charge in [0.2, 0.25) is 5.91 Å². The molecule has 0 spiro atoms. The number of methoxy groups -OCH3 is 1. The van der Waals surface area contributed by atoms with Crippen molar-refractivity contribution in [2.75, 3.05) is 20.2 Å². The van der Waals surface area contributed by atoms with Crippen molar-refractivity contribution >= 4 is 5.91 Å². The van der Waals surface area contributed by atoms with Crippen LogP contribution in [0.25, 0.3) is 0 Å². The highest BCUT2D eigenvalue weighted by Crippen LogP contribution is 2.33. The van der Waals surface area contributed by atoms with E-state index in [0.29, 0.717) is 12.4 Å². The number of hydrogen-bond donors (Lipinski definition) is 1. The van der Waals surface area contributed by atoms with Crippen molar-refractivity contribution in [1.82, 2.24) is 19.8 Å². The average Bonchev–Trinajstić information content (AvgIpc) is 3.35. The third kappa shape index (κ3) is 4.60. The van der Waals surface area contributed by atoms with Gasteiger partial charge in [0.25, 0.3) is 5.56 Å². The monoisotopic (exact) mass is 448 g/mol. The summed E-state index contributed by atoms with van der Waals surface area (Å²) in [6.45, 7) is 2.98. The molecule has 1 aliphatic carbocycles. The molecule has 2 aromatic rings. The minimum atomic E-state index is -0.112. The molecule has 3 heterocycles. The Balaban J connectivity index is 1.31. The lowest BCUT2D eigenvalue weighted by Crippen LogP contribution is -2.39. The Hall–Kier alpha value is -2.93. The number of allylic oxidation sites excluding steroid dienone is 2. The second-order valence-corrected chi connectivity index (χ2v) is 9.36. The molecular weight excluding hydrogens is 416 g/mol. The maximum atomic E-state index is 13.2. The van der Waals surface area contributed by atoms with E-state index in [9.17, 15) is 9.59 Å². The zero-order valence-electron chi connectivity index (χ0n) is 19.3. The first-order valence-electron chi connectivity index (χ1n) is 12.0. The van der Waals surface area contributed by atoms with Gasteiger partial charge < -0.3 is 14.6 Å². The summed E-state index contributed by atoms with van der Waals surface area (Å²) in [5, 5.41) is 0. The van der Waals surface area contributed by atoms with Crippen molar-refractivity contribution in [3.05, 3.63) is 69.4 Å². The van der Waals surface area contributed by atoms with E-state index >= 15 is 0 Å². The summed E-state index contributed by atoms with van der Waals surface area (Å²) in [5.74, 6) is 1.79. The van der Waals surface area contributed by atoms with Gasteiger partial charge in [-0.05, 0) is 49.8 Å². The van der Waals surface area contributed by atoms with Crippen LogP contribution in [0.5, 0.6) is 5.75 Å². The third-order valence-electron chi connectivity index (χ3n) is 7.20. The molecule has 174 valence electrons. The van der Waals surface area contributed by atoms with Gasteiger partial charge in [0.1, 0.15) is 11.6 Å². The van der Waals surface area contributed by atoms with Crippen molar-refractivity contribution in [2.24, 2.45) is 5.92 Å². The van der Waals surface area contributed by atoms with Gasteiger partial charge in [-0.2, -0.15) is 0 Å². The number of likely N-dealkylation sites (tertiary alicyclic amines) is 1. The number of ether oxygens (including phenoxy) is 1. The van der Waals surface area contributed by atoms with E-state index in [0.717, 1.165) is 75.2 Å². The molecular formula is C26H32N4O3. The van der Waals surface area contributed by atoms with Crippen LogP contribution < -0.4 is 10.3 Å². The molecule has 1 saturated heterocycles. The summed E-state index contributed by atoms with van der Waals surface area (Å²) in [4.78, 5) is 38.4. The average molecular weight is 449 g/mol. The van der Waals surface area contributed by atoms with Crippen molar-refractivity contribution in [2.45, 2.75) is 57.7 Å². The standard InChI is InChI=1S/C26H32N4O3/c1-33-20-11-9-18(10-12-20)16-29-15-13-22-21(17-29)25(31)28-24(27-22)23-8-5-14-30(23)26(32)19-6-3-2-4-7-19/h2-3,9-12,19,23H,4-8,13-17H2,1H3,(H,27,28,31)/t19-,23-/m0/s1. The number of benzene rings is 1. The summed E-state index contributed by atoms with van der Waals surface area (Å²) in [6, 6.07) is 7.94. The first-order valence-corrected chi connectivity index (χ1v) is 12.0. The summed E-state index contributed by atoms with van der Waals surface area (Å²) in [7, 11) is 1.66. The van der Waals surface area contributed by atoms with Gasteiger partial charge in [-0.15, -0.1) is 0 Å². The minimum Gasteiger partial charge on any atom is -0.497 e. The van der Waals surface area contributed by atoms with Gasteiger partial charge in [0.15, 0.2) is 0 Å². The number of nitrogens with zero attached hydrogens (tertiary/aromatic N) is 3. The van der Waals surface area contributed by atoms with Crippen molar-refractivity contribution in [3.63, 3.8) is 0 Å². The summed E-state index contributed by atoms with van der Waals surface area (Å²) >= 11 is 0. The van der Waals surface area contributed by atoms with Gasteiger partial charge in [-0.3, -0.25) is 14.5 Å². The Kier molecular flexibility index (Phi) is 6.31. The molecule has 0 unspecified atom stereocenters. The summed E-state index contributed by atoms with van der Waals surface area (Å²) < 4.78 is 5.24. The van der Waals surface area contributed by atoms with Crippen LogP contribution in [0.4, 0.5) is 0 Å². The van der Waals surface area contributed by atoms with Gasteiger partial charge >= 0.3 is 0 Å². The van der Waals surface area contributed by atoms with E-state index < -0.39 is 0 Å². The highest BCUT2D eigenvalue weighted by atomic mass is 16.5. The normalized spacial score (nSPS) is 22.9. The van der Waals surface area contributed by atoms with Crippen LogP contribution in [-0.4, -0.2) is 45.9 Å². The number of H-pyrrole nitrogens is 1. The molecule has 1 fully saturated rings. The summed E-state index contributed by atoms with van der Waals surface area (Å²) in [6.07, 6.45) is 9.54. The van der Waals surface area contributed by atoms with Crippen LogP contribution in [0.15, 0.2) is 41.2 Å². The number of carbonyl (C=O) groups excluding carboxylic acids is 1. The van der Waals surface area contributed by atoms with E-state index in [-0.39, 0.29) is 23.4 Å².